The number of halogens is 2. The van der Waals surface area contributed by atoms with E-state index in [0.29, 0.717) is 16.5 Å². The van der Waals surface area contributed by atoms with E-state index in [2.05, 4.69) is 20.2 Å². The summed E-state index contributed by atoms with van der Waals surface area (Å²) in [5.74, 6) is -0.164. The molecule has 31 heavy (non-hydrogen) atoms. The zero-order chi connectivity index (χ0) is 21.8. The first-order chi connectivity index (χ1) is 15.0. The number of hydrogen-bond donors (Lipinski definition) is 1. The number of benzene rings is 2. The Morgan fingerprint density at radius 1 is 1.00 bits per heavy atom. The third kappa shape index (κ3) is 5.21. The van der Waals surface area contributed by atoms with Crippen molar-refractivity contribution >= 4 is 34.7 Å². The standard InChI is InChI=1S/C22H21ClFN5O2/c23-16-2-1-3-19(14-16)27-10-12-28(13-11-27)20-8-9-22(31)29(26-20)15-21(30)25-18-6-4-17(24)5-7-18/h1-9,14H,10-13,15H2,(H,25,30). The molecule has 1 amide bonds. The van der Waals surface area contributed by atoms with Crippen LogP contribution in [0.15, 0.2) is 65.5 Å². The molecule has 0 atom stereocenters. The second kappa shape index (κ2) is 9.18. The number of carbonyl (C=O) groups is 1. The Bertz CT molecular complexity index is 1130. The molecular weight excluding hydrogens is 421 g/mol. The predicted octanol–water partition coefficient (Wildman–Crippen LogP) is 3.00. The van der Waals surface area contributed by atoms with E-state index in [-0.39, 0.29) is 17.9 Å². The number of rotatable bonds is 5. The summed E-state index contributed by atoms with van der Waals surface area (Å²) in [6, 6.07) is 16.3. The van der Waals surface area contributed by atoms with Crippen molar-refractivity contribution in [3.63, 3.8) is 0 Å². The highest BCUT2D eigenvalue weighted by molar-refractivity contribution is 6.30. The molecule has 1 saturated heterocycles. The van der Waals surface area contributed by atoms with Crippen molar-refractivity contribution in [2.75, 3.05) is 41.3 Å². The van der Waals surface area contributed by atoms with Crippen molar-refractivity contribution in [1.29, 1.82) is 0 Å². The monoisotopic (exact) mass is 441 g/mol. The third-order valence-corrected chi connectivity index (χ3v) is 5.29. The number of anilines is 3. The first-order valence-corrected chi connectivity index (χ1v) is 10.2. The van der Waals surface area contributed by atoms with Gasteiger partial charge in [0.15, 0.2) is 0 Å². The second-order valence-electron chi connectivity index (χ2n) is 7.20. The van der Waals surface area contributed by atoms with Crippen LogP contribution in [0.1, 0.15) is 0 Å². The molecule has 0 aliphatic carbocycles. The van der Waals surface area contributed by atoms with Crippen LogP contribution in [-0.2, 0) is 11.3 Å². The number of piperazine rings is 1. The van der Waals surface area contributed by atoms with Crippen LogP contribution in [-0.4, -0.2) is 41.9 Å². The SMILES string of the molecule is O=C(Cn1nc(N2CCN(c3cccc(Cl)c3)CC2)ccc1=O)Nc1ccc(F)cc1. The molecule has 1 aromatic heterocycles. The fourth-order valence-electron chi connectivity index (χ4n) is 3.46. The number of aromatic nitrogens is 2. The number of nitrogens with one attached hydrogen (secondary N) is 1. The summed E-state index contributed by atoms with van der Waals surface area (Å²) in [6.45, 7) is 2.78. The Balaban J connectivity index is 1.40. The first-order valence-electron chi connectivity index (χ1n) is 9.87. The van der Waals surface area contributed by atoms with Gasteiger partial charge in [-0.15, -0.1) is 0 Å². The van der Waals surface area contributed by atoms with Crippen molar-refractivity contribution < 1.29 is 9.18 Å². The molecule has 1 fully saturated rings. The number of amides is 1. The average Bonchev–Trinajstić information content (AvgIpc) is 2.77. The molecule has 2 heterocycles. The molecule has 7 nitrogen and oxygen atoms in total. The molecule has 0 saturated carbocycles. The Kier molecular flexibility index (Phi) is 6.18. The molecule has 1 aliphatic rings. The quantitative estimate of drug-likeness (QED) is 0.659. The maximum absolute atomic E-state index is 13.0. The topological polar surface area (TPSA) is 70.5 Å². The molecule has 3 aromatic rings. The molecule has 0 spiro atoms. The largest absolute Gasteiger partial charge is 0.368 e. The summed E-state index contributed by atoms with van der Waals surface area (Å²) in [4.78, 5) is 28.8. The smallest absolute Gasteiger partial charge is 0.267 e. The lowest BCUT2D eigenvalue weighted by Crippen LogP contribution is -2.47. The van der Waals surface area contributed by atoms with Crippen LogP contribution < -0.4 is 20.7 Å². The molecule has 0 unspecified atom stereocenters. The van der Waals surface area contributed by atoms with Crippen molar-refractivity contribution in [1.82, 2.24) is 9.78 Å². The van der Waals surface area contributed by atoms with Gasteiger partial charge in [-0.1, -0.05) is 17.7 Å². The summed E-state index contributed by atoms with van der Waals surface area (Å²) in [6.07, 6.45) is 0. The zero-order valence-electron chi connectivity index (χ0n) is 16.7. The summed E-state index contributed by atoms with van der Waals surface area (Å²) in [5, 5.41) is 7.71. The Hall–Kier alpha value is -3.39. The normalized spacial score (nSPS) is 13.9. The molecule has 1 N–H and O–H groups in total. The van der Waals surface area contributed by atoms with Crippen LogP contribution in [0, 0.1) is 5.82 Å². The van der Waals surface area contributed by atoms with Crippen LogP contribution in [0.3, 0.4) is 0 Å². The maximum Gasteiger partial charge on any atom is 0.267 e. The number of nitrogens with zero attached hydrogens (tertiary/aromatic N) is 4. The van der Waals surface area contributed by atoms with E-state index in [1.54, 1.807) is 6.07 Å². The molecular formula is C22H21ClFN5O2. The summed E-state index contributed by atoms with van der Waals surface area (Å²) in [7, 11) is 0. The highest BCUT2D eigenvalue weighted by Crippen LogP contribution is 2.22. The lowest BCUT2D eigenvalue weighted by molar-refractivity contribution is -0.117. The van der Waals surface area contributed by atoms with E-state index in [0.717, 1.165) is 36.5 Å². The van der Waals surface area contributed by atoms with E-state index >= 15 is 0 Å². The second-order valence-corrected chi connectivity index (χ2v) is 7.63. The van der Waals surface area contributed by atoms with Gasteiger partial charge in [0.2, 0.25) is 5.91 Å². The minimum absolute atomic E-state index is 0.230. The lowest BCUT2D eigenvalue weighted by atomic mass is 10.2. The maximum atomic E-state index is 13.0. The number of carbonyl (C=O) groups excluding carboxylic acids is 1. The Morgan fingerprint density at radius 2 is 1.71 bits per heavy atom. The van der Waals surface area contributed by atoms with Crippen LogP contribution in [0.2, 0.25) is 5.02 Å². The van der Waals surface area contributed by atoms with Gasteiger partial charge < -0.3 is 15.1 Å². The summed E-state index contributed by atoms with van der Waals surface area (Å²) in [5.41, 5.74) is 1.16. The molecule has 1 aliphatic heterocycles. The van der Waals surface area contributed by atoms with Crippen LogP contribution in [0.5, 0.6) is 0 Å². The van der Waals surface area contributed by atoms with E-state index in [1.165, 1.54) is 30.3 Å². The van der Waals surface area contributed by atoms with E-state index < -0.39 is 5.91 Å². The summed E-state index contributed by atoms with van der Waals surface area (Å²) >= 11 is 6.09. The van der Waals surface area contributed by atoms with Gasteiger partial charge in [0.05, 0.1) is 0 Å². The molecule has 160 valence electrons. The van der Waals surface area contributed by atoms with Gasteiger partial charge in [0.1, 0.15) is 18.2 Å². The Labute approximate surface area is 183 Å². The molecule has 2 aromatic carbocycles. The van der Waals surface area contributed by atoms with Crippen molar-refractivity contribution in [2.24, 2.45) is 0 Å². The highest BCUT2D eigenvalue weighted by atomic mass is 35.5. The van der Waals surface area contributed by atoms with Gasteiger partial charge >= 0.3 is 0 Å². The van der Waals surface area contributed by atoms with Crippen molar-refractivity contribution in [3.8, 4) is 0 Å². The molecule has 9 heteroatoms. The molecule has 4 rings (SSSR count). The van der Waals surface area contributed by atoms with Crippen LogP contribution in [0.4, 0.5) is 21.6 Å². The van der Waals surface area contributed by atoms with E-state index in [4.69, 9.17) is 11.6 Å². The number of hydrogen-bond acceptors (Lipinski definition) is 5. The van der Waals surface area contributed by atoms with E-state index in [9.17, 15) is 14.0 Å². The highest BCUT2D eigenvalue weighted by Gasteiger charge is 2.19. The minimum Gasteiger partial charge on any atom is -0.368 e. The zero-order valence-corrected chi connectivity index (χ0v) is 17.4. The minimum atomic E-state index is -0.413. The van der Waals surface area contributed by atoms with Gasteiger partial charge in [-0.3, -0.25) is 9.59 Å². The van der Waals surface area contributed by atoms with Gasteiger partial charge in [-0.05, 0) is 48.5 Å². The third-order valence-electron chi connectivity index (χ3n) is 5.05. The van der Waals surface area contributed by atoms with Crippen LogP contribution in [0.25, 0.3) is 0 Å². The lowest BCUT2D eigenvalue weighted by Gasteiger charge is -2.36. The fraction of sp³-hybridized carbons (Fsp3) is 0.227. The summed E-state index contributed by atoms with van der Waals surface area (Å²) < 4.78 is 14.1. The molecule has 0 radical (unpaired) electrons. The Morgan fingerprint density at radius 3 is 2.42 bits per heavy atom. The van der Waals surface area contributed by atoms with Crippen molar-refractivity contribution in [2.45, 2.75) is 6.54 Å². The van der Waals surface area contributed by atoms with Crippen molar-refractivity contribution in [3.05, 3.63) is 81.9 Å². The van der Waals surface area contributed by atoms with Crippen LogP contribution >= 0.6 is 11.6 Å². The van der Waals surface area contributed by atoms with Gasteiger partial charge in [0.25, 0.3) is 5.56 Å². The van der Waals surface area contributed by atoms with Gasteiger partial charge in [0, 0.05) is 48.6 Å². The van der Waals surface area contributed by atoms with Gasteiger partial charge in [-0.2, -0.15) is 5.10 Å². The first kappa shape index (κ1) is 20.9. The van der Waals surface area contributed by atoms with Gasteiger partial charge in [-0.25, -0.2) is 9.07 Å². The predicted molar refractivity (Wildman–Crippen MR) is 119 cm³/mol. The van der Waals surface area contributed by atoms with E-state index in [1.807, 2.05) is 24.3 Å². The molecule has 0 bridgehead atoms. The fourth-order valence-corrected chi connectivity index (χ4v) is 3.64. The average molecular weight is 442 g/mol.